The second-order valence-electron chi connectivity index (χ2n) is 3.76. The van der Waals surface area contributed by atoms with Crippen LogP contribution in [0.15, 0.2) is 48.9 Å². The lowest BCUT2D eigenvalue weighted by Gasteiger charge is -2.04. The topological polar surface area (TPSA) is 40.7 Å². The van der Waals surface area contributed by atoms with Crippen molar-refractivity contribution < 1.29 is 0 Å². The average molecular weight is 244 g/mol. The molecule has 0 radical (unpaired) electrons. The number of nitrogens with zero attached hydrogens (tertiary/aromatic N) is 1. The molecule has 0 bridgehead atoms. The predicted octanol–water partition coefficient (Wildman–Crippen LogP) is 3.96. The Balaban J connectivity index is 2.00. The average Bonchev–Trinajstić information content (AvgIpc) is 2.73. The van der Waals surface area contributed by atoms with Crippen LogP contribution in [0, 0.1) is 0 Å². The monoisotopic (exact) mass is 243 g/mol. The van der Waals surface area contributed by atoms with Gasteiger partial charge >= 0.3 is 0 Å². The number of aromatic amines is 1. The zero-order valence-corrected chi connectivity index (χ0v) is 9.70. The van der Waals surface area contributed by atoms with Crippen molar-refractivity contribution in [2.45, 2.75) is 0 Å². The molecule has 84 valence electrons. The smallest absolute Gasteiger partial charge is 0.0642 e. The summed E-state index contributed by atoms with van der Waals surface area (Å²) in [7, 11) is 0. The van der Waals surface area contributed by atoms with Crippen LogP contribution in [0.2, 0.25) is 5.02 Å². The molecule has 0 unspecified atom stereocenters. The van der Waals surface area contributed by atoms with Crippen molar-refractivity contribution >= 4 is 33.9 Å². The highest BCUT2D eigenvalue weighted by Gasteiger charge is 2.03. The fourth-order valence-electron chi connectivity index (χ4n) is 1.81. The van der Waals surface area contributed by atoms with E-state index in [2.05, 4.69) is 21.4 Å². The summed E-state index contributed by atoms with van der Waals surface area (Å²) in [5.41, 5.74) is 3.00. The molecule has 0 aliphatic rings. The molecule has 0 amide bonds. The van der Waals surface area contributed by atoms with Crippen molar-refractivity contribution in [1.82, 2.24) is 9.97 Å². The normalized spacial score (nSPS) is 10.6. The van der Waals surface area contributed by atoms with Crippen molar-refractivity contribution in [2.24, 2.45) is 0 Å². The summed E-state index contributed by atoms with van der Waals surface area (Å²) < 4.78 is 0. The summed E-state index contributed by atoms with van der Waals surface area (Å²) in [5, 5.41) is 5.06. The van der Waals surface area contributed by atoms with Gasteiger partial charge in [0.25, 0.3) is 0 Å². The molecule has 2 N–H and O–H groups in total. The van der Waals surface area contributed by atoms with Crippen LogP contribution >= 0.6 is 11.6 Å². The van der Waals surface area contributed by atoms with Crippen LogP contribution < -0.4 is 5.32 Å². The van der Waals surface area contributed by atoms with Crippen molar-refractivity contribution in [2.75, 3.05) is 5.32 Å². The third kappa shape index (κ3) is 1.97. The van der Waals surface area contributed by atoms with E-state index in [1.807, 2.05) is 30.5 Å². The predicted molar refractivity (Wildman–Crippen MR) is 70.8 cm³/mol. The fourth-order valence-corrected chi connectivity index (χ4v) is 1.98. The van der Waals surface area contributed by atoms with Gasteiger partial charge in [-0.15, -0.1) is 0 Å². The summed E-state index contributed by atoms with van der Waals surface area (Å²) in [6, 6.07) is 9.96. The van der Waals surface area contributed by atoms with Crippen LogP contribution in [0.3, 0.4) is 0 Å². The molecule has 3 rings (SSSR count). The van der Waals surface area contributed by atoms with Crippen LogP contribution in [-0.4, -0.2) is 9.97 Å². The summed E-state index contributed by atoms with van der Waals surface area (Å²) in [4.78, 5) is 7.25. The van der Waals surface area contributed by atoms with E-state index in [9.17, 15) is 0 Å². The number of hydrogen-bond donors (Lipinski definition) is 2. The van der Waals surface area contributed by atoms with Gasteiger partial charge in [0.2, 0.25) is 0 Å². The van der Waals surface area contributed by atoms with Crippen molar-refractivity contribution in [3.05, 3.63) is 53.9 Å². The van der Waals surface area contributed by atoms with Gasteiger partial charge < -0.3 is 10.3 Å². The van der Waals surface area contributed by atoms with E-state index in [4.69, 9.17) is 11.6 Å². The SMILES string of the molecule is Clc1cncc(Nc2c[nH]c3ccccc23)c1. The maximum atomic E-state index is 5.89. The third-order valence-electron chi connectivity index (χ3n) is 2.57. The molecular formula is C13H10ClN3. The molecule has 3 aromatic rings. The van der Waals surface area contributed by atoms with E-state index in [-0.39, 0.29) is 0 Å². The summed E-state index contributed by atoms with van der Waals surface area (Å²) >= 11 is 5.89. The number of benzene rings is 1. The van der Waals surface area contributed by atoms with Gasteiger partial charge in [-0.25, -0.2) is 0 Å². The second kappa shape index (κ2) is 4.11. The Morgan fingerprint density at radius 3 is 2.94 bits per heavy atom. The first-order valence-electron chi connectivity index (χ1n) is 5.26. The van der Waals surface area contributed by atoms with Crippen LogP contribution in [0.5, 0.6) is 0 Å². The van der Waals surface area contributed by atoms with E-state index in [1.165, 1.54) is 0 Å². The minimum absolute atomic E-state index is 0.620. The maximum absolute atomic E-state index is 5.89. The zero-order chi connectivity index (χ0) is 11.7. The minimum atomic E-state index is 0.620. The molecule has 0 saturated heterocycles. The van der Waals surface area contributed by atoms with E-state index >= 15 is 0 Å². The minimum Gasteiger partial charge on any atom is -0.359 e. The lowest BCUT2D eigenvalue weighted by Crippen LogP contribution is -1.89. The number of H-pyrrole nitrogens is 1. The lowest BCUT2D eigenvalue weighted by atomic mass is 10.2. The van der Waals surface area contributed by atoms with Gasteiger partial charge in [0.1, 0.15) is 0 Å². The van der Waals surface area contributed by atoms with Crippen LogP contribution in [0.1, 0.15) is 0 Å². The summed E-state index contributed by atoms with van der Waals surface area (Å²) in [6.07, 6.45) is 5.29. The number of fused-ring (bicyclic) bond motifs is 1. The Labute approximate surface area is 103 Å². The number of aromatic nitrogens is 2. The van der Waals surface area contributed by atoms with Gasteiger partial charge in [0.05, 0.1) is 22.6 Å². The van der Waals surface area contributed by atoms with Crippen LogP contribution in [0.25, 0.3) is 10.9 Å². The van der Waals surface area contributed by atoms with Gasteiger partial charge in [-0.3, -0.25) is 4.98 Å². The summed E-state index contributed by atoms with van der Waals surface area (Å²) in [6.45, 7) is 0. The molecule has 17 heavy (non-hydrogen) atoms. The number of halogens is 1. The molecule has 1 aromatic carbocycles. The van der Waals surface area contributed by atoms with Gasteiger partial charge in [-0.1, -0.05) is 29.8 Å². The van der Waals surface area contributed by atoms with Gasteiger partial charge in [-0.2, -0.15) is 0 Å². The maximum Gasteiger partial charge on any atom is 0.0642 e. The molecule has 2 aromatic heterocycles. The number of hydrogen-bond acceptors (Lipinski definition) is 2. The van der Waals surface area contributed by atoms with Crippen LogP contribution in [-0.2, 0) is 0 Å². The van der Waals surface area contributed by atoms with E-state index in [1.54, 1.807) is 12.4 Å². The van der Waals surface area contributed by atoms with Crippen molar-refractivity contribution in [1.29, 1.82) is 0 Å². The zero-order valence-electron chi connectivity index (χ0n) is 8.94. The number of nitrogens with one attached hydrogen (secondary N) is 2. The number of pyridine rings is 1. The van der Waals surface area contributed by atoms with E-state index in [0.717, 1.165) is 22.3 Å². The number of rotatable bonds is 2. The highest BCUT2D eigenvalue weighted by Crippen LogP contribution is 2.26. The molecule has 3 nitrogen and oxygen atoms in total. The highest BCUT2D eigenvalue weighted by atomic mass is 35.5. The number of anilines is 2. The largest absolute Gasteiger partial charge is 0.359 e. The molecule has 0 spiro atoms. The van der Waals surface area contributed by atoms with Crippen molar-refractivity contribution in [3.8, 4) is 0 Å². The first kappa shape index (κ1) is 10.2. The van der Waals surface area contributed by atoms with Gasteiger partial charge in [-0.05, 0) is 12.1 Å². The molecule has 0 fully saturated rings. The van der Waals surface area contributed by atoms with Crippen molar-refractivity contribution in [3.63, 3.8) is 0 Å². The molecule has 4 heteroatoms. The van der Waals surface area contributed by atoms with Crippen LogP contribution in [0.4, 0.5) is 11.4 Å². The molecule has 0 atom stereocenters. The summed E-state index contributed by atoms with van der Waals surface area (Å²) in [5.74, 6) is 0. The fraction of sp³-hybridized carbons (Fsp3) is 0. The third-order valence-corrected chi connectivity index (χ3v) is 2.78. The lowest BCUT2D eigenvalue weighted by molar-refractivity contribution is 1.32. The van der Waals surface area contributed by atoms with E-state index < -0.39 is 0 Å². The first-order valence-corrected chi connectivity index (χ1v) is 5.64. The molecule has 0 aliphatic heterocycles. The Bertz CT molecular complexity index is 660. The molecular weight excluding hydrogens is 234 g/mol. The Morgan fingerprint density at radius 2 is 2.06 bits per heavy atom. The number of para-hydroxylation sites is 1. The molecule has 2 heterocycles. The molecule has 0 aliphatic carbocycles. The van der Waals surface area contributed by atoms with Gasteiger partial charge in [0.15, 0.2) is 0 Å². The Hall–Kier alpha value is -2.00. The Morgan fingerprint density at radius 1 is 1.18 bits per heavy atom. The second-order valence-corrected chi connectivity index (χ2v) is 4.20. The quantitative estimate of drug-likeness (QED) is 0.715. The molecule has 0 saturated carbocycles. The van der Waals surface area contributed by atoms with Gasteiger partial charge in [0, 0.05) is 23.3 Å². The first-order chi connectivity index (χ1) is 8.33. The highest BCUT2D eigenvalue weighted by molar-refractivity contribution is 6.30. The van der Waals surface area contributed by atoms with E-state index in [0.29, 0.717) is 5.02 Å². The Kier molecular flexibility index (Phi) is 2.46. The standard InChI is InChI=1S/C13H10ClN3/c14-9-5-10(7-15-6-9)17-13-8-16-12-4-2-1-3-11(12)13/h1-8,16-17H.